The molecule has 0 radical (unpaired) electrons. The quantitative estimate of drug-likeness (QED) is 0.0976. The molecule has 1 aliphatic rings. The maximum Gasteiger partial charge on any atom is 0.494 e. The Morgan fingerprint density at radius 2 is 0.623 bits per heavy atom. The van der Waals surface area contributed by atoms with Gasteiger partial charge in [0, 0.05) is 73.3 Å². The van der Waals surface area contributed by atoms with E-state index in [1.165, 1.54) is 33.6 Å². The van der Waals surface area contributed by atoms with Crippen LogP contribution in [-0.4, -0.2) is 57.4 Å². The van der Waals surface area contributed by atoms with Crippen molar-refractivity contribution in [3.8, 4) is 67.9 Å². The molecule has 12 aromatic carbocycles. The predicted octanol–water partition coefficient (Wildman–Crippen LogP) is 22.9. The van der Waals surface area contributed by atoms with Gasteiger partial charge in [0.2, 0.25) is 0 Å². The summed E-state index contributed by atoms with van der Waals surface area (Å²) in [7, 11) is -0.364. The van der Waals surface area contributed by atoms with E-state index in [2.05, 4.69) is 379 Å². The Hall–Kier alpha value is -12.2. The van der Waals surface area contributed by atoms with E-state index in [1.54, 1.807) is 12.4 Å². The number of halogens is 1. The normalized spacial score (nSPS) is 12.8. The molecule has 5 heterocycles. The zero-order valence-corrected chi connectivity index (χ0v) is 62.0. The van der Waals surface area contributed by atoms with Gasteiger partial charge < -0.3 is 19.1 Å². The van der Waals surface area contributed by atoms with Crippen LogP contribution in [0.4, 0.5) is 34.1 Å². The van der Waals surface area contributed by atoms with E-state index < -0.39 is 0 Å². The van der Waals surface area contributed by atoms with Crippen molar-refractivity contribution in [3.63, 3.8) is 0 Å². The van der Waals surface area contributed by atoms with Crippen molar-refractivity contribution in [2.24, 2.45) is 0 Å². The first-order valence-electron chi connectivity index (χ1n) is 35.6. The average Bonchev–Trinajstić information content (AvgIpc) is 1.62. The molecular weight excluding hydrogens is 1370 g/mol. The number of imidazole rings is 2. The largest absolute Gasteiger partial charge is 0.494 e. The fourth-order valence-electron chi connectivity index (χ4n) is 13.4. The summed E-state index contributed by atoms with van der Waals surface area (Å²) in [4.78, 5) is 32.9. The van der Waals surface area contributed by atoms with Gasteiger partial charge in [-0.1, -0.05) is 206 Å². The average molecular weight is 1450 g/mol. The minimum atomic E-state index is -0.364. The topological polar surface area (TPSA) is 112 Å². The third-order valence-electron chi connectivity index (χ3n) is 19.8. The van der Waals surface area contributed by atoms with Gasteiger partial charge in [-0.3, -0.25) is 24.1 Å². The van der Waals surface area contributed by atoms with Gasteiger partial charge in [0.1, 0.15) is 16.3 Å². The highest BCUT2D eigenvalue weighted by molar-refractivity contribution is 9.10. The van der Waals surface area contributed by atoms with Crippen LogP contribution in [0.3, 0.4) is 0 Å². The third-order valence-corrected chi connectivity index (χ3v) is 20.2. The van der Waals surface area contributed by atoms with Crippen molar-refractivity contribution in [1.82, 2.24) is 39.0 Å². The second kappa shape index (κ2) is 30.2. The molecule has 4 aromatic heterocycles. The molecule has 106 heavy (non-hydrogen) atoms. The number of rotatable bonds is 14. The zero-order valence-electron chi connectivity index (χ0n) is 60.4. The van der Waals surface area contributed by atoms with Crippen molar-refractivity contribution in [3.05, 3.63) is 355 Å². The molecule has 0 N–H and O–H groups in total. The molecule has 12 nitrogen and oxygen atoms in total. The Labute approximate surface area is 628 Å². The van der Waals surface area contributed by atoms with Gasteiger partial charge in [-0.25, -0.2) is 15.0 Å². The highest BCUT2D eigenvalue weighted by atomic mass is 79.9. The lowest BCUT2D eigenvalue weighted by atomic mass is 9.79. The first-order chi connectivity index (χ1) is 51.6. The van der Waals surface area contributed by atoms with Crippen LogP contribution < -0.4 is 15.3 Å². The smallest absolute Gasteiger partial charge is 0.399 e. The van der Waals surface area contributed by atoms with Gasteiger partial charge in [-0.05, 0) is 196 Å². The second-order valence-corrected chi connectivity index (χ2v) is 28.2. The van der Waals surface area contributed by atoms with Crippen molar-refractivity contribution in [2.75, 3.05) is 9.80 Å². The maximum atomic E-state index is 6.19. The number of fused-ring (bicyclic) bond motifs is 2. The van der Waals surface area contributed by atoms with E-state index in [0.717, 1.165) is 123 Å². The van der Waals surface area contributed by atoms with Crippen LogP contribution in [0, 0.1) is 27.7 Å². The molecule has 16 aromatic rings. The summed E-state index contributed by atoms with van der Waals surface area (Å²) in [5.41, 5.74) is 26.0. The summed E-state index contributed by atoms with van der Waals surface area (Å²) >= 11 is 3.33. The predicted molar refractivity (Wildman–Crippen MR) is 439 cm³/mol. The van der Waals surface area contributed by atoms with Gasteiger partial charge in [0.15, 0.2) is 0 Å². The monoisotopic (exact) mass is 1440 g/mol. The molecule has 14 heteroatoms. The second-order valence-electron chi connectivity index (χ2n) is 27.4. The van der Waals surface area contributed by atoms with Crippen LogP contribution in [0.2, 0.25) is 0 Å². The fraction of sp³-hybridized carbons (Fsp3) is 0.109. The van der Waals surface area contributed by atoms with Gasteiger partial charge in [-0.2, -0.15) is 0 Å². The molecule has 0 bridgehead atoms. The Kier molecular flexibility index (Phi) is 19.8. The van der Waals surface area contributed by atoms with Crippen molar-refractivity contribution < 1.29 is 9.31 Å². The van der Waals surface area contributed by atoms with Crippen LogP contribution in [-0.2, 0) is 9.31 Å². The minimum Gasteiger partial charge on any atom is -0.399 e. The van der Waals surface area contributed by atoms with Crippen molar-refractivity contribution in [2.45, 2.75) is 66.6 Å². The molecule has 518 valence electrons. The molecule has 0 saturated carbocycles. The molecule has 0 atom stereocenters. The van der Waals surface area contributed by atoms with E-state index >= 15 is 0 Å². The van der Waals surface area contributed by atoms with E-state index in [1.807, 2.05) is 36.7 Å². The van der Waals surface area contributed by atoms with Gasteiger partial charge in [0.25, 0.3) is 0 Å². The van der Waals surface area contributed by atoms with Crippen LogP contribution >= 0.6 is 15.9 Å². The van der Waals surface area contributed by atoms with Gasteiger partial charge >= 0.3 is 7.12 Å². The van der Waals surface area contributed by atoms with Crippen LogP contribution in [0.1, 0.15) is 49.9 Å². The lowest BCUT2D eigenvalue weighted by Crippen LogP contribution is -2.41. The molecule has 1 aliphatic heterocycles. The zero-order chi connectivity index (χ0) is 72.9. The SMILES string of the molecule is CC1(C)OB(c2ccc(-c3nc4ccccc4n3-c3ccccc3)cc2)OC1(C)C.Cc1ccccc1N(c1ccc(-c2cnc(-c3ccc(-c4nc5ccccc5n4-c4ccccc4)cc3)cn2)cc1)c1ccccc1C.Cc1ccccc1N(c1ccc(-c2cnc(Br)cn2)cc1)c1ccccc1C. The number of para-hydroxylation sites is 10. The summed E-state index contributed by atoms with van der Waals surface area (Å²) < 4.78 is 17.5. The Bertz CT molecular complexity index is 5610. The molecular formula is C92H78BBrN10O2. The summed E-state index contributed by atoms with van der Waals surface area (Å²) in [6, 6.07) is 105. The summed E-state index contributed by atoms with van der Waals surface area (Å²) in [5.74, 6) is 1.82. The number of benzene rings is 12. The Morgan fingerprint density at radius 1 is 0.321 bits per heavy atom. The van der Waals surface area contributed by atoms with E-state index in [0.29, 0.717) is 0 Å². The van der Waals surface area contributed by atoms with Crippen molar-refractivity contribution >= 4 is 84.7 Å². The number of aryl methyl sites for hydroxylation is 4. The van der Waals surface area contributed by atoms with E-state index in [4.69, 9.17) is 29.2 Å². The lowest BCUT2D eigenvalue weighted by Gasteiger charge is -2.32. The fourth-order valence-corrected chi connectivity index (χ4v) is 13.6. The van der Waals surface area contributed by atoms with Crippen LogP contribution in [0.5, 0.6) is 0 Å². The van der Waals surface area contributed by atoms with Crippen LogP contribution in [0.15, 0.2) is 333 Å². The number of hydrogen-bond donors (Lipinski definition) is 0. The standard InChI is InChI=1S/C43H33N5.C25H25BN2O2.C24H20BrN3/c1-30-12-6-9-17-40(30)47(41-18-10-7-13-31(41)2)36-26-24-33(25-27-36)39-29-44-38(28-45-39)32-20-22-34(23-21-32)43-46-37-16-8-11-19-42(37)48(43)35-14-4-3-5-15-35;1-24(2)25(3,4)30-26(29-24)19-16-14-18(15-17-19)23-27-21-12-8-9-13-22(21)28(23)20-10-6-5-7-11-20;1-17-7-3-5-9-22(17)28(23-10-6-4-8-18(23)2)20-13-11-19(12-14-20)21-15-27-24(25)16-26-21/h3-29H,1-2H3;5-17H,1-4H3;3-16H,1-2H3. The first kappa shape index (κ1) is 69.5. The van der Waals surface area contributed by atoms with Gasteiger partial charge in [-0.15, -0.1) is 0 Å². The summed E-state index contributed by atoms with van der Waals surface area (Å²) in [6.45, 7) is 16.9. The number of anilines is 6. The lowest BCUT2D eigenvalue weighted by molar-refractivity contribution is 0.00578. The Morgan fingerprint density at radius 3 is 0.972 bits per heavy atom. The minimum absolute atomic E-state index is 0.350. The highest BCUT2D eigenvalue weighted by Crippen LogP contribution is 2.42. The molecule has 1 fully saturated rings. The molecule has 0 unspecified atom stereocenters. The first-order valence-corrected chi connectivity index (χ1v) is 36.4. The van der Waals surface area contributed by atoms with Crippen LogP contribution in [0.25, 0.3) is 90.0 Å². The molecule has 17 rings (SSSR count). The maximum absolute atomic E-state index is 6.19. The van der Waals surface area contributed by atoms with E-state index in [-0.39, 0.29) is 18.3 Å². The molecule has 0 aliphatic carbocycles. The molecule has 1 saturated heterocycles. The molecule has 0 spiro atoms. The Balaban J connectivity index is 0.000000134. The number of aromatic nitrogens is 8. The summed E-state index contributed by atoms with van der Waals surface area (Å²) in [6.07, 6.45) is 7.20. The van der Waals surface area contributed by atoms with E-state index in [9.17, 15) is 0 Å². The van der Waals surface area contributed by atoms with Gasteiger partial charge in [0.05, 0.1) is 75.1 Å². The van der Waals surface area contributed by atoms with Crippen molar-refractivity contribution in [1.29, 1.82) is 0 Å². The number of nitrogens with zero attached hydrogens (tertiary/aromatic N) is 10. The number of hydrogen-bond acceptors (Lipinski definition) is 10. The third kappa shape index (κ3) is 14.5. The highest BCUT2D eigenvalue weighted by Gasteiger charge is 2.51. The summed E-state index contributed by atoms with van der Waals surface area (Å²) in [5, 5.41) is 0. The molecule has 0 amide bonds.